The van der Waals surface area contributed by atoms with Gasteiger partial charge in [-0.25, -0.2) is 14.4 Å². The molecule has 0 aliphatic heterocycles. The SMILES string of the molecule is CC1CCC(Nc2cc(-c3cccc(NCc4cccc(F)c4)n3)c(Cl)cn2)CC1. The summed E-state index contributed by atoms with van der Waals surface area (Å²) in [6.45, 7) is 2.81. The highest BCUT2D eigenvalue weighted by molar-refractivity contribution is 6.33. The first-order chi connectivity index (χ1) is 14.6. The first kappa shape index (κ1) is 20.6. The minimum Gasteiger partial charge on any atom is -0.367 e. The molecule has 0 atom stereocenters. The van der Waals surface area contributed by atoms with E-state index in [-0.39, 0.29) is 5.82 Å². The van der Waals surface area contributed by atoms with E-state index in [1.54, 1.807) is 12.3 Å². The van der Waals surface area contributed by atoms with Crippen LogP contribution in [0.15, 0.2) is 54.7 Å². The first-order valence-corrected chi connectivity index (χ1v) is 10.8. The maximum atomic E-state index is 13.4. The van der Waals surface area contributed by atoms with Gasteiger partial charge in [-0.3, -0.25) is 0 Å². The van der Waals surface area contributed by atoms with Gasteiger partial charge < -0.3 is 10.6 Å². The molecule has 0 spiro atoms. The Morgan fingerprint density at radius 1 is 1.03 bits per heavy atom. The number of benzene rings is 1. The number of nitrogens with one attached hydrogen (secondary N) is 2. The van der Waals surface area contributed by atoms with Gasteiger partial charge in [0.05, 0.1) is 10.7 Å². The van der Waals surface area contributed by atoms with Crippen molar-refractivity contribution in [1.29, 1.82) is 0 Å². The number of hydrogen-bond acceptors (Lipinski definition) is 4. The lowest BCUT2D eigenvalue weighted by Gasteiger charge is -2.27. The van der Waals surface area contributed by atoms with Crippen molar-refractivity contribution >= 4 is 23.2 Å². The number of hydrogen-bond donors (Lipinski definition) is 2. The molecule has 156 valence electrons. The number of halogens is 2. The largest absolute Gasteiger partial charge is 0.367 e. The third-order valence-electron chi connectivity index (χ3n) is 5.61. The third-order valence-corrected chi connectivity index (χ3v) is 5.91. The Morgan fingerprint density at radius 3 is 2.63 bits per heavy atom. The number of aromatic nitrogens is 2. The van der Waals surface area contributed by atoms with Crippen LogP contribution in [0.25, 0.3) is 11.3 Å². The average Bonchev–Trinajstić information content (AvgIpc) is 2.75. The van der Waals surface area contributed by atoms with Crippen LogP contribution >= 0.6 is 11.6 Å². The van der Waals surface area contributed by atoms with Crippen molar-refractivity contribution in [2.75, 3.05) is 10.6 Å². The molecule has 0 amide bonds. The van der Waals surface area contributed by atoms with E-state index in [1.807, 2.05) is 30.3 Å². The molecule has 0 saturated heterocycles. The molecule has 1 aliphatic carbocycles. The highest BCUT2D eigenvalue weighted by Gasteiger charge is 2.19. The standard InChI is InChI=1S/C24H26ClFN4/c1-16-8-10-19(11-9-16)29-24-13-20(21(25)15-28-24)22-6-3-7-23(30-22)27-14-17-4-2-5-18(26)12-17/h2-7,12-13,15-16,19H,8-11,14H2,1H3,(H,27,30)(H,28,29). The van der Waals surface area contributed by atoms with Crippen LogP contribution in [0.2, 0.25) is 5.02 Å². The molecular weight excluding hydrogens is 399 g/mol. The van der Waals surface area contributed by atoms with Gasteiger partial charge in [0.25, 0.3) is 0 Å². The minimum atomic E-state index is -0.243. The molecule has 0 bridgehead atoms. The molecule has 3 aromatic rings. The topological polar surface area (TPSA) is 49.8 Å². The van der Waals surface area contributed by atoms with Crippen LogP contribution in [0.5, 0.6) is 0 Å². The monoisotopic (exact) mass is 424 g/mol. The number of nitrogens with zero attached hydrogens (tertiary/aromatic N) is 2. The Labute approximate surface area is 181 Å². The molecule has 1 saturated carbocycles. The lowest BCUT2D eigenvalue weighted by Crippen LogP contribution is -2.25. The van der Waals surface area contributed by atoms with Gasteiger partial charge in [0.2, 0.25) is 0 Å². The van der Waals surface area contributed by atoms with E-state index < -0.39 is 0 Å². The molecule has 0 radical (unpaired) electrons. The van der Waals surface area contributed by atoms with Crippen LogP contribution in [0.4, 0.5) is 16.0 Å². The Bertz CT molecular complexity index is 1000. The normalized spacial score (nSPS) is 18.8. The molecule has 0 unspecified atom stereocenters. The Morgan fingerprint density at radius 2 is 1.83 bits per heavy atom. The van der Waals surface area contributed by atoms with Gasteiger partial charge in [-0.2, -0.15) is 0 Å². The number of anilines is 2. The quantitative estimate of drug-likeness (QED) is 0.471. The van der Waals surface area contributed by atoms with Crippen LogP contribution in [-0.4, -0.2) is 16.0 Å². The molecule has 6 heteroatoms. The summed E-state index contributed by atoms with van der Waals surface area (Å²) < 4.78 is 13.4. The van der Waals surface area contributed by atoms with E-state index in [1.165, 1.54) is 37.8 Å². The summed E-state index contributed by atoms with van der Waals surface area (Å²) in [4.78, 5) is 9.16. The molecule has 30 heavy (non-hydrogen) atoms. The molecule has 4 nitrogen and oxygen atoms in total. The van der Waals surface area contributed by atoms with Gasteiger partial charge in [-0.05, 0) is 67.5 Å². The van der Waals surface area contributed by atoms with E-state index in [9.17, 15) is 4.39 Å². The van der Waals surface area contributed by atoms with Crippen LogP contribution in [-0.2, 0) is 6.54 Å². The smallest absolute Gasteiger partial charge is 0.126 e. The van der Waals surface area contributed by atoms with Crippen molar-refractivity contribution in [2.24, 2.45) is 5.92 Å². The lowest BCUT2D eigenvalue weighted by molar-refractivity contribution is 0.361. The summed E-state index contributed by atoms with van der Waals surface area (Å²) in [6.07, 6.45) is 6.51. The van der Waals surface area contributed by atoms with Crippen molar-refractivity contribution in [3.8, 4) is 11.3 Å². The summed E-state index contributed by atoms with van der Waals surface area (Å²) in [6, 6.07) is 14.7. The van der Waals surface area contributed by atoms with Crippen LogP contribution in [0.3, 0.4) is 0 Å². The predicted octanol–water partition coefficient (Wildman–Crippen LogP) is 6.54. The lowest BCUT2D eigenvalue weighted by atomic mass is 9.87. The van der Waals surface area contributed by atoms with E-state index >= 15 is 0 Å². The van der Waals surface area contributed by atoms with Crippen molar-refractivity contribution in [1.82, 2.24) is 9.97 Å². The van der Waals surface area contributed by atoms with Gasteiger partial charge in [-0.1, -0.05) is 36.7 Å². The fraction of sp³-hybridized carbons (Fsp3) is 0.333. The average molecular weight is 425 g/mol. The fourth-order valence-electron chi connectivity index (χ4n) is 3.85. The zero-order valence-corrected chi connectivity index (χ0v) is 17.8. The van der Waals surface area contributed by atoms with Gasteiger partial charge in [-0.15, -0.1) is 0 Å². The highest BCUT2D eigenvalue weighted by Crippen LogP contribution is 2.31. The molecular formula is C24H26ClFN4. The maximum Gasteiger partial charge on any atom is 0.126 e. The van der Waals surface area contributed by atoms with Gasteiger partial charge in [0.15, 0.2) is 0 Å². The van der Waals surface area contributed by atoms with E-state index in [2.05, 4.69) is 22.5 Å². The molecule has 2 N–H and O–H groups in total. The Kier molecular flexibility index (Phi) is 6.48. The molecule has 1 aromatic carbocycles. The summed E-state index contributed by atoms with van der Waals surface area (Å²) in [5.74, 6) is 2.10. The van der Waals surface area contributed by atoms with Crippen molar-refractivity contribution in [3.63, 3.8) is 0 Å². The first-order valence-electron chi connectivity index (χ1n) is 10.4. The van der Waals surface area contributed by atoms with Crippen LogP contribution < -0.4 is 10.6 Å². The second kappa shape index (κ2) is 9.43. The highest BCUT2D eigenvalue weighted by atomic mass is 35.5. The summed E-state index contributed by atoms with van der Waals surface area (Å²) >= 11 is 6.44. The number of rotatable bonds is 6. The molecule has 1 aliphatic rings. The molecule has 2 heterocycles. The maximum absolute atomic E-state index is 13.4. The van der Waals surface area contributed by atoms with E-state index in [4.69, 9.17) is 16.6 Å². The second-order valence-corrected chi connectivity index (χ2v) is 8.45. The third kappa shape index (κ3) is 5.28. The van der Waals surface area contributed by atoms with Gasteiger partial charge in [0.1, 0.15) is 17.5 Å². The summed E-state index contributed by atoms with van der Waals surface area (Å²) in [7, 11) is 0. The fourth-order valence-corrected chi connectivity index (χ4v) is 4.05. The molecule has 4 rings (SSSR count). The van der Waals surface area contributed by atoms with E-state index in [0.717, 1.165) is 28.6 Å². The van der Waals surface area contributed by atoms with Gasteiger partial charge in [0, 0.05) is 24.3 Å². The molecule has 2 aromatic heterocycles. The predicted molar refractivity (Wildman–Crippen MR) is 121 cm³/mol. The zero-order valence-electron chi connectivity index (χ0n) is 17.0. The summed E-state index contributed by atoms with van der Waals surface area (Å²) in [5, 5.41) is 7.37. The minimum absolute atomic E-state index is 0.243. The van der Waals surface area contributed by atoms with Crippen LogP contribution in [0.1, 0.15) is 38.2 Å². The van der Waals surface area contributed by atoms with Crippen molar-refractivity contribution in [2.45, 2.75) is 45.2 Å². The Hall–Kier alpha value is -2.66. The Balaban J connectivity index is 1.48. The van der Waals surface area contributed by atoms with Crippen LogP contribution in [0, 0.1) is 11.7 Å². The number of pyridine rings is 2. The second-order valence-electron chi connectivity index (χ2n) is 8.04. The van der Waals surface area contributed by atoms with Gasteiger partial charge >= 0.3 is 0 Å². The van der Waals surface area contributed by atoms with E-state index in [0.29, 0.717) is 23.4 Å². The molecule has 1 fully saturated rings. The van der Waals surface area contributed by atoms with Crippen molar-refractivity contribution in [3.05, 3.63) is 71.1 Å². The van der Waals surface area contributed by atoms with Crippen molar-refractivity contribution < 1.29 is 4.39 Å². The summed E-state index contributed by atoms with van der Waals surface area (Å²) in [5.41, 5.74) is 2.47. The zero-order chi connectivity index (χ0) is 20.9.